The summed E-state index contributed by atoms with van der Waals surface area (Å²) >= 11 is 6.30. The zero-order chi connectivity index (χ0) is 62.0. The van der Waals surface area contributed by atoms with Gasteiger partial charge in [-0.25, -0.2) is 27.5 Å². The smallest absolute Gasteiger partial charge is 0.435 e. The van der Waals surface area contributed by atoms with E-state index in [1.165, 1.54) is 47.5 Å². The first-order valence-corrected chi connectivity index (χ1v) is 30.5. The molecule has 23 heteroatoms. The third-order valence-corrected chi connectivity index (χ3v) is 16.5. The van der Waals surface area contributed by atoms with Gasteiger partial charge in [-0.05, 0) is 178 Å². The number of nitrogens with one attached hydrogen (secondary N) is 2. The molecule has 458 valence electrons. The molecule has 21 nitrogen and oxygen atoms in total. The van der Waals surface area contributed by atoms with Crippen LogP contribution in [0.2, 0.25) is 5.02 Å². The Kier molecular flexibility index (Phi) is 19.0. The second kappa shape index (κ2) is 25.4. The number of ether oxygens (including phenoxy) is 5. The molecule has 0 spiro atoms. The summed E-state index contributed by atoms with van der Waals surface area (Å²) in [6.45, 7) is 22.8. The van der Waals surface area contributed by atoms with E-state index in [0.29, 0.717) is 48.3 Å². The lowest BCUT2D eigenvalue weighted by Crippen LogP contribution is -2.47. The molecule has 0 bridgehead atoms. The molecular weight excluding hydrogens is 1130 g/mol. The van der Waals surface area contributed by atoms with Crippen molar-refractivity contribution in [3.05, 3.63) is 111 Å². The van der Waals surface area contributed by atoms with Crippen molar-refractivity contribution in [2.75, 3.05) is 61.5 Å². The summed E-state index contributed by atoms with van der Waals surface area (Å²) < 4.78 is 60.9. The van der Waals surface area contributed by atoms with Crippen molar-refractivity contribution < 1.29 is 56.2 Å². The maximum Gasteiger partial charge on any atom is 0.435 e. The molecule has 4 aromatic carbocycles. The van der Waals surface area contributed by atoms with Gasteiger partial charge in [0.15, 0.2) is 5.82 Å². The van der Waals surface area contributed by atoms with Crippen LogP contribution in [0.25, 0.3) is 16.5 Å². The molecule has 1 aromatic heterocycles. The predicted octanol–water partition coefficient (Wildman–Crippen LogP) is 13.4. The number of hydrogen-bond donors (Lipinski definition) is 2. The van der Waals surface area contributed by atoms with E-state index < -0.39 is 72.3 Å². The highest BCUT2D eigenvalue weighted by molar-refractivity contribution is 7.90. The van der Waals surface area contributed by atoms with Gasteiger partial charge in [0.25, 0.3) is 21.6 Å². The maximum absolute atomic E-state index is 14.7. The Morgan fingerprint density at radius 1 is 0.812 bits per heavy atom. The molecule has 85 heavy (non-hydrogen) atoms. The number of nitro groups is 1. The van der Waals surface area contributed by atoms with Crippen molar-refractivity contribution in [3.8, 4) is 11.5 Å². The lowest BCUT2D eigenvalue weighted by Gasteiger charge is -2.39. The molecule has 1 saturated heterocycles. The van der Waals surface area contributed by atoms with Crippen LogP contribution in [0, 0.1) is 21.4 Å². The fourth-order valence-electron chi connectivity index (χ4n) is 10.7. The highest BCUT2D eigenvalue weighted by atomic mass is 35.5. The molecule has 5 aromatic rings. The second-order valence-corrected chi connectivity index (χ2v) is 27.9. The lowest BCUT2D eigenvalue weighted by atomic mass is 9.72. The number of carbonyl (C=O) groups excluding carboxylic acids is 4. The monoisotopic (exact) mass is 1210 g/mol. The standard InChI is InChI=1S/C62H79ClN8O13S/c1-59(2,3)82-56(73)69(57(74)83-60(4,5)6)54-53-49(70(65-54)58(75)84-61(7,8)9)14-13-15-51(53)81-52-34-43(68-32-30-67(31-33-68)38-41-28-29-62(10,11)36-47(41)40-18-20-42(63)21-19-40)22-26-46(52)55(72)66-85(78,79)45-25-27-48(50(35-45)71(76)77)64-37-39-16-23-44(80-12)24-17-39/h13-15,18-22,25-27,34-35,39,44,64H,16-17,23-24,28-33,36-38H2,1-12H3,(H,66,72)/t39-,44-. The van der Waals surface area contributed by atoms with E-state index in [2.05, 4.69) is 50.9 Å². The number of allylic oxidation sites excluding steroid dienone is 1. The molecule has 2 heterocycles. The molecule has 0 radical (unpaired) electrons. The zero-order valence-corrected chi connectivity index (χ0v) is 52.2. The Morgan fingerprint density at radius 3 is 2.05 bits per heavy atom. The van der Waals surface area contributed by atoms with E-state index in [0.717, 1.165) is 67.8 Å². The number of sulfonamides is 1. The lowest BCUT2D eigenvalue weighted by molar-refractivity contribution is -0.384. The van der Waals surface area contributed by atoms with E-state index in [9.17, 15) is 37.7 Å². The van der Waals surface area contributed by atoms with Crippen LogP contribution in [0.5, 0.6) is 11.5 Å². The number of piperazine rings is 1. The average Bonchev–Trinajstić information content (AvgIpc) is 1.71. The summed E-state index contributed by atoms with van der Waals surface area (Å²) in [7, 11) is -3.14. The quantitative estimate of drug-likeness (QED) is 0.0562. The van der Waals surface area contributed by atoms with Crippen LogP contribution < -0.4 is 24.6 Å². The average molecular weight is 1210 g/mol. The first-order chi connectivity index (χ1) is 39.8. The van der Waals surface area contributed by atoms with Gasteiger partial charge >= 0.3 is 18.3 Å². The van der Waals surface area contributed by atoms with Gasteiger partial charge in [0.2, 0.25) is 0 Å². The van der Waals surface area contributed by atoms with E-state index in [-0.39, 0.29) is 51.1 Å². The zero-order valence-electron chi connectivity index (χ0n) is 50.6. The summed E-state index contributed by atoms with van der Waals surface area (Å²) in [4.78, 5) is 73.6. The van der Waals surface area contributed by atoms with Crippen molar-refractivity contribution in [1.29, 1.82) is 0 Å². The molecule has 8 rings (SSSR count). The van der Waals surface area contributed by atoms with Gasteiger partial charge < -0.3 is 33.9 Å². The third kappa shape index (κ3) is 16.2. The SMILES string of the molecule is CO[C@H]1CC[C@H](CNc2ccc(S(=O)(=O)NC(=O)c3ccc(N4CCN(CC5=C(c6ccc(Cl)cc6)CC(C)(C)CC5)CC4)cc3Oc3cccc4c3c(N(C(=O)OC(C)(C)C)C(=O)OC(C)(C)C)nn4C(=O)OC(C)(C)C)cc2[N+](=O)[O-])CC1. The highest BCUT2D eigenvalue weighted by Crippen LogP contribution is 2.45. The number of nitro benzene ring substituents is 1. The maximum atomic E-state index is 14.7. The van der Waals surface area contributed by atoms with Crippen LogP contribution in [0.3, 0.4) is 0 Å². The Hall–Kier alpha value is -7.27. The van der Waals surface area contributed by atoms with Gasteiger partial charge in [0.05, 0.1) is 32.4 Å². The van der Waals surface area contributed by atoms with Gasteiger partial charge in [-0.3, -0.25) is 19.8 Å². The topological polar surface area (TPSA) is 243 Å². The van der Waals surface area contributed by atoms with Crippen molar-refractivity contribution in [3.63, 3.8) is 0 Å². The minimum absolute atomic E-state index is 0.00593. The second-order valence-electron chi connectivity index (χ2n) is 25.8. The van der Waals surface area contributed by atoms with Gasteiger partial charge in [0, 0.05) is 69.2 Å². The molecule has 0 atom stereocenters. The highest BCUT2D eigenvalue weighted by Gasteiger charge is 2.39. The molecule has 0 unspecified atom stereocenters. The van der Waals surface area contributed by atoms with E-state index in [1.54, 1.807) is 81.6 Å². The first-order valence-electron chi connectivity index (χ1n) is 28.7. The largest absolute Gasteiger partial charge is 0.456 e. The van der Waals surface area contributed by atoms with Crippen molar-refractivity contribution in [2.45, 2.75) is 149 Å². The van der Waals surface area contributed by atoms with Gasteiger partial charge in [0.1, 0.15) is 34.0 Å². The normalized spacial score (nSPS) is 17.9. The number of hydrogen-bond acceptors (Lipinski definition) is 17. The summed E-state index contributed by atoms with van der Waals surface area (Å²) in [6.07, 6.45) is 3.13. The summed E-state index contributed by atoms with van der Waals surface area (Å²) in [6, 6.07) is 20.5. The third-order valence-electron chi connectivity index (χ3n) is 15.0. The Morgan fingerprint density at radius 2 is 1.45 bits per heavy atom. The molecule has 2 fully saturated rings. The van der Waals surface area contributed by atoms with E-state index >= 15 is 0 Å². The Balaban J connectivity index is 1.18. The predicted molar refractivity (Wildman–Crippen MR) is 326 cm³/mol. The number of anilines is 3. The van der Waals surface area contributed by atoms with Gasteiger partial charge in [-0.2, -0.15) is 9.58 Å². The molecule has 3 amide bonds. The van der Waals surface area contributed by atoms with Crippen LogP contribution >= 0.6 is 11.6 Å². The number of benzene rings is 4. The fourth-order valence-corrected chi connectivity index (χ4v) is 11.8. The van der Waals surface area contributed by atoms with Crippen LogP contribution in [0.4, 0.5) is 37.3 Å². The van der Waals surface area contributed by atoms with Crippen LogP contribution in [0.1, 0.15) is 137 Å². The Bertz CT molecular complexity index is 3450. The number of rotatable bonds is 15. The summed E-state index contributed by atoms with van der Waals surface area (Å²) in [5.41, 5.74) is 0.610. The van der Waals surface area contributed by atoms with Crippen molar-refractivity contribution in [2.24, 2.45) is 11.3 Å². The number of carbonyl (C=O) groups is 4. The molecule has 1 aliphatic heterocycles. The fraction of sp³-hybridized carbons (Fsp3) is 0.500. The van der Waals surface area contributed by atoms with Crippen LogP contribution in [0.15, 0.2) is 89.3 Å². The van der Waals surface area contributed by atoms with E-state index in [4.69, 9.17) is 35.3 Å². The molecule has 2 N–H and O–H groups in total. The summed E-state index contributed by atoms with van der Waals surface area (Å²) in [5, 5.41) is 20.7. The van der Waals surface area contributed by atoms with E-state index in [1.807, 2.05) is 12.1 Å². The van der Waals surface area contributed by atoms with Gasteiger partial charge in [-0.1, -0.05) is 49.2 Å². The minimum atomic E-state index is -4.82. The molecule has 3 aliphatic rings. The Labute approximate surface area is 502 Å². The van der Waals surface area contributed by atoms with Crippen LogP contribution in [-0.4, -0.2) is 121 Å². The number of imide groups is 1. The summed E-state index contributed by atoms with van der Waals surface area (Å²) in [5.74, 6) is -1.74. The molecule has 2 aliphatic carbocycles. The number of amides is 3. The first kappa shape index (κ1) is 63.7. The van der Waals surface area contributed by atoms with Gasteiger partial charge in [-0.15, -0.1) is 5.10 Å². The molecule has 1 saturated carbocycles. The van der Waals surface area contributed by atoms with Crippen LogP contribution in [-0.2, 0) is 29.0 Å². The number of nitrogens with zero attached hydrogens (tertiary/aromatic N) is 6. The number of aromatic nitrogens is 2. The van der Waals surface area contributed by atoms with Crippen molar-refractivity contribution >= 4 is 85.2 Å². The number of methoxy groups -OCH3 is 1. The number of fused-ring (bicyclic) bond motifs is 1. The number of halogens is 1. The minimum Gasteiger partial charge on any atom is -0.456 e. The van der Waals surface area contributed by atoms with Crippen molar-refractivity contribution in [1.82, 2.24) is 19.4 Å². The molecular formula is C62H79ClN8O13S.